The number of nitriles is 1. The molecule has 1 saturated heterocycles. The summed E-state index contributed by atoms with van der Waals surface area (Å²) in [6.45, 7) is 1.06. The average Bonchev–Trinajstić information content (AvgIpc) is 3.10. The standard InChI is InChI=1S/C25H24FN3O6S/c1-25(31,9-11-27)10-12-34-19-8-7-18-13-21(35-16-17-5-3-2-4-6-17)24(23(26)20(18)14-19)29-15-22(30)28-36(29,32)33/h2-8,13-14,31H,9-10,12,15-16H2,1H3,(H,28,30). The zero-order valence-electron chi connectivity index (χ0n) is 19.4. The molecule has 1 amide bonds. The summed E-state index contributed by atoms with van der Waals surface area (Å²) >= 11 is 0. The van der Waals surface area contributed by atoms with Crippen LogP contribution in [0.25, 0.3) is 10.8 Å². The average molecular weight is 514 g/mol. The molecule has 188 valence electrons. The maximum absolute atomic E-state index is 15.9. The zero-order valence-corrected chi connectivity index (χ0v) is 20.2. The van der Waals surface area contributed by atoms with Crippen LogP contribution in [0.5, 0.6) is 11.5 Å². The lowest BCUT2D eigenvalue weighted by Crippen LogP contribution is -2.30. The third-order valence-corrected chi connectivity index (χ3v) is 7.04. The van der Waals surface area contributed by atoms with Crippen molar-refractivity contribution in [1.29, 1.82) is 5.26 Å². The molecule has 0 aromatic heterocycles. The Morgan fingerprint density at radius 3 is 2.61 bits per heavy atom. The van der Waals surface area contributed by atoms with E-state index in [0.717, 1.165) is 5.56 Å². The Labute approximate surface area is 207 Å². The minimum atomic E-state index is -4.30. The lowest BCUT2D eigenvalue weighted by atomic mass is 10.00. The van der Waals surface area contributed by atoms with Crippen LogP contribution in [0.3, 0.4) is 0 Å². The van der Waals surface area contributed by atoms with Crippen molar-refractivity contribution in [1.82, 2.24) is 4.72 Å². The SMILES string of the molecule is CC(O)(CC#N)CCOc1ccc2cc(OCc3ccccc3)c(N3CC(=O)NS3(=O)=O)c(F)c2c1. The number of hydrogen-bond donors (Lipinski definition) is 2. The number of fused-ring (bicyclic) bond motifs is 1. The van der Waals surface area contributed by atoms with E-state index in [9.17, 15) is 18.3 Å². The summed E-state index contributed by atoms with van der Waals surface area (Å²) in [4.78, 5) is 11.9. The first kappa shape index (κ1) is 25.2. The van der Waals surface area contributed by atoms with Gasteiger partial charge in [-0.05, 0) is 36.1 Å². The Bertz CT molecular complexity index is 1440. The molecular formula is C25H24FN3O6S. The summed E-state index contributed by atoms with van der Waals surface area (Å²) < 4.78 is 55.0. The molecule has 1 heterocycles. The quantitative estimate of drug-likeness (QED) is 0.450. The molecule has 11 heteroatoms. The maximum Gasteiger partial charge on any atom is 0.326 e. The van der Waals surface area contributed by atoms with Gasteiger partial charge in [0.1, 0.15) is 30.3 Å². The van der Waals surface area contributed by atoms with Crippen molar-refractivity contribution in [3.63, 3.8) is 0 Å². The monoisotopic (exact) mass is 513 g/mol. The molecule has 1 unspecified atom stereocenters. The largest absolute Gasteiger partial charge is 0.493 e. The molecule has 4 rings (SSSR count). The molecule has 1 fully saturated rings. The van der Waals surface area contributed by atoms with Crippen molar-refractivity contribution in [3.05, 3.63) is 66.0 Å². The van der Waals surface area contributed by atoms with E-state index in [1.54, 1.807) is 12.1 Å². The molecule has 0 bridgehead atoms. The minimum Gasteiger partial charge on any atom is -0.493 e. The summed E-state index contributed by atoms with van der Waals surface area (Å²) in [6.07, 6.45) is 0.118. The number of nitrogens with zero attached hydrogens (tertiary/aromatic N) is 2. The van der Waals surface area contributed by atoms with Crippen LogP contribution in [0.2, 0.25) is 0 Å². The Hall–Kier alpha value is -3.88. The number of ether oxygens (including phenoxy) is 2. The normalized spacial score (nSPS) is 16.3. The van der Waals surface area contributed by atoms with Gasteiger partial charge in [0.25, 0.3) is 5.91 Å². The van der Waals surface area contributed by atoms with E-state index in [4.69, 9.17) is 14.7 Å². The number of hydrogen-bond acceptors (Lipinski definition) is 7. The van der Waals surface area contributed by atoms with E-state index in [0.29, 0.717) is 9.69 Å². The van der Waals surface area contributed by atoms with Gasteiger partial charge in [0.15, 0.2) is 5.82 Å². The molecular weight excluding hydrogens is 489 g/mol. The Morgan fingerprint density at radius 2 is 1.94 bits per heavy atom. The fraction of sp³-hybridized carbons (Fsp3) is 0.280. The third kappa shape index (κ3) is 5.50. The van der Waals surface area contributed by atoms with Crippen LogP contribution in [0.1, 0.15) is 25.3 Å². The topological polar surface area (TPSA) is 129 Å². The van der Waals surface area contributed by atoms with Gasteiger partial charge in [-0.15, -0.1) is 0 Å². The Morgan fingerprint density at radius 1 is 1.19 bits per heavy atom. The number of benzene rings is 3. The second-order valence-corrected chi connectivity index (χ2v) is 10.3. The van der Waals surface area contributed by atoms with Gasteiger partial charge in [0, 0.05) is 11.8 Å². The van der Waals surface area contributed by atoms with Crippen molar-refractivity contribution >= 4 is 32.6 Å². The highest BCUT2D eigenvalue weighted by Gasteiger charge is 2.38. The molecule has 3 aromatic carbocycles. The summed E-state index contributed by atoms with van der Waals surface area (Å²) in [5, 5.41) is 19.4. The van der Waals surface area contributed by atoms with Crippen molar-refractivity contribution in [2.45, 2.75) is 32.0 Å². The van der Waals surface area contributed by atoms with Crippen LogP contribution in [-0.2, 0) is 21.6 Å². The van der Waals surface area contributed by atoms with Gasteiger partial charge in [0.2, 0.25) is 0 Å². The lowest BCUT2D eigenvalue weighted by Gasteiger charge is -2.22. The van der Waals surface area contributed by atoms with Crippen LogP contribution in [0.4, 0.5) is 10.1 Å². The van der Waals surface area contributed by atoms with Gasteiger partial charge >= 0.3 is 10.2 Å². The second-order valence-electron chi connectivity index (χ2n) is 8.66. The van der Waals surface area contributed by atoms with E-state index >= 15 is 4.39 Å². The number of amides is 1. The van der Waals surface area contributed by atoms with E-state index in [1.807, 2.05) is 41.1 Å². The summed E-state index contributed by atoms with van der Waals surface area (Å²) in [5.41, 5.74) is -0.817. The number of rotatable bonds is 9. The number of halogens is 1. The molecule has 1 atom stereocenters. The van der Waals surface area contributed by atoms with Gasteiger partial charge in [-0.2, -0.15) is 13.7 Å². The van der Waals surface area contributed by atoms with Crippen LogP contribution < -0.4 is 18.5 Å². The summed E-state index contributed by atoms with van der Waals surface area (Å²) in [7, 11) is -4.30. The van der Waals surface area contributed by atoms with E-state index in [2.05, 4.69) is 0 Å². The highest BCUT2D eigenvalue weighted by molar-refractivity contribution is 7.92. The van der Waals surface area contributed by atoms with Crippen LogP contribution in [-0.4, -0.2) is 38.2 Å². The molecule has 1 aliphatic heterocycles. The van der Waals surface area contributed by atoms with Gasteiger partial charge in [-0.1, -0.05) is 36.4 Å². The zero-order chi connectivity index (χ0) is 25.9. The van der Waals surface area contributed by atoms with Crippen LogP contribution in [0.15, 0.2) is 54.6 Å². The van der Waals surface area contributed by atoms with Crippen molar-refractivity contribution in [2.75, 3.05) is 17.5 Å². The Kier molecular flexibility index (Phi) is 7.01. The lowest BCUT2D eigenvalue weighted by molar-refractivity contribution is -0.117. The van der Waals surface area contributed by atoms with Crippen LogP contribution >= 0.6 is 0 Å². The van der Waals surface area contributed by atoms with E-state index < -0.39 is 34.1 Å². The summed E-state index contributed by atoms with van der Waals surface area (Å²) in [5.74, 6) is -1.43. The highest BCUT2D eigenvalue weighted by atomic mass is 32.2. The predicted molar refractivity (Wildman–Crippen MR) is 130 cm³/mol. The summed E-state index contributed by atoms with van der Waals surface area (Å²) in [6, 6.07) is 17.1. The number of nitrogens with one attached hydrogen (secondary N) is 1. The molecule has 0 radical (unpaired) electrons. The number of anilines is 1. The maximum atomic E-state index is 15.9. The Balaban J connectivity index is 1.70. The molecule has 36 heavy (non-hydrogen) atoms. The molecule has 1 aliphatic rings. The van der Waals surface area contributed by atoms with Crippen molar-refractivity contribution in [2.24, 2.45) is 0 Å². The molecule has 9 nitrogen and oxygen atoms in total. The third-order valence-electron chi connectivity index (χ3n) is 5.67. The molecule has 3 aromatic rings. The minimum absolute atomic E-state index is 0.0369. The van der Waals surface area contributed by atoms with Gasteiger partial charge in [-0.25, -0.2) is 13.4 Å². The van der Waals surface area contributed by atoms with Gasteiger partial charge in [-0.3, -0.25) is 4.79 Å². The fourth-order valence-electron chi connectivity index (χ4n) is 3.76. The van der Waals surface area contributed by atoms with Crippen molar-refractivity contribution in [3.8, 4) is 17.6 Å². The first-order chi connectivity index (χ1) is 17.1. The van der Waals surface area contributed by atoms with Crippen molar-refractivity contribution < 1.29 is 32.2 Å². The molecule has 0 spiro atoms. The molecule has 0 aliphatic carbocycles. The number of carbonyl (C=O) groups is 1. The van der Waals surface area contributed by atoms with E-state index in [1.165, 1.54) is 19.1 Å². The van der Waals surface area contributed by atoms with E-state index in [-0.39, 0.29) is 48.6 Å². The first-order valence-electron chi connectivity index (χ1n) is 11.1. The number of carbonyl (C=O) groups excluding carboxylic acids is 1. The predicted octanol–water partition coefficient (Wildman–Crippen LogP) is 3.17. The van der Waals surface area contributed by atoms with Crippen LogP contribution in [0, 0.1) is 17.1 Å². The second kappa shape index (κ2) is 10.0. The molecule has 2 N–H and O–H groups in total. The van der Waals surface area contributed by atoms with Gasteiger partial charge < -0.3 is 14.6 Å². The smallest absolute Gasteiger partial charge is 0.326 e. The first-order valence-corrected chi connectivity index (χ1v) is 12.5. The highest BCUT2D eigenvalue weighted by Crippen LogP contribution is 2.40. The molecule has 0 saturated carbocycles. The van der Waals surface area contributed by atoms with Gasteiger partial charge in [0.05, 0.1) is 24.7 Å². The fourth-order valence-corrected chi connectivity index (χ4v) is 4.92. The number of aliphatic hydroxyl groups is 1.